The lowest BCUT2D eigenvalue weighted by Crippen LogP contribution is -2.17. The quantitative estimate of drug-likeness (QED) is 0.733. The van der Waals surface area contributed by atoms with E-state index in [0.29, 0.717) is 23.5 Å². The minimum absolute atomic E-state index is 0.0109. The highest BCUT2D eigenvalue weighted by Gasteiger charge is 2.30. The largest absolute Gasteiger partial charge is 0.495 e. The number of carbonyl (C=O) groups is 1. The van der Waals surface area contributed by atoms with Gasteiger partial charge in [-0.25, -0.2) is 0 Å². The summed E-state index contributed by atoms with van der Waals surface area (Å²) in [4.78, 5) is 11.7. The summed E-state index contributed by atoms with van der Waals surface area (Å²) < 4.78 is 5.18. The molecule has 0 radical (unpaired) electrons. The predicted octanol–water partition coefficient (Wildman–Crippen LogP) is 2.29. The van der Waals surface area contributed by atoms with Crippen molar-refractivity contribution in [2.75, 3.05) is 18.2 Å². The maximum absolute atomic E-state index is 11.7. The van der Waals surface area contributed by atoms with Crippen molar-refractivity contribution in [1.29, 1.82) is 0 Å². The molecule has 1 aliphatic rings. The van der Waals surface area contributed by atoms with E-state index in [4.69, 9.17) is 10.5 Å². The number of hydrogen-bond acceptors (Lipinski definition) is 3. The number of amides is 1. The third kappa shape index (κ3) is 1.95. The Kier molecular flexibility index (Phi) is 2.73. The van der Waals surface area contributed by atoms with Gasteiger partial charge in [0.1, 0.15) is 5.75 Å². The number of rotatable bonds is 1. The number of hydrogen-bond donors (Lipinski definition) is 2. The molecule has 1 amide bonds. The summed E-state index contributed by atoms with van der Waals surface area (Å²) in [7, 11) is 1.57. The molecular formula is C13H18N2O2. The van der Waals surface area contributed by atoms with E-state index in [1.807, 2.05) is 12.1 Å². The lowest BCUT2D eigenvalue weighted by molar-refractivity contribution is -0.116. The lowest BCUT2D eigenvalue weighted by Gasteiger charge is -2.25. The fraction of sp³-hybridized carbons (Fsp3) is 0.462. The van der Waals surface area contributed by atoms with Crippen molar-refractivity contribution in [2.24, 2.45) is 0 Å². The van der Waals surface area contributed by atoms with Crippen molar-refractivity contribution < 1.29 is 9.53 Å². The predicted molar refractivity (Wildman–Crippen MR) is 68.3 cm³/mol. The van der Waals surface area contributed by atoms with Gasteiger partial charge in [0.15, 0.2) is 0 Å². The van der Waals surface area contributed by atoms with Gasteiger partial charge in [0, 0.05) is 6.42 Å². The van der Waals surface area contributed by atoms with Crippen molar-refractivity contribution in [2.45, 2.75) is 32.1 Å². The standard InChI is InChI=1S/C13H18N2O2/c1-13(2)7-6-10(16)15-12-8(13)4-5-9(17-3)11(12)14/h4-5H,6-7,14H2,1-3H3,(H,15,16). The summed E-state index contributed by atoms with van der Waals surface area (Å²) in [6.07, 6.45) is 1.33. The Labute approximate surface area is 101 Å². The van der Waals surface area contributed by atoms with Crippen LogP contribution in [0.3, 0.4) is 0 Å². The average molecular weight is 234 g/mol. The van der Waals surface area contributed by atoms with Crippen molar-refractivity contribution in [3.05, 3.63) is 17.7 Å². The second kappa shape index (κ2) is 3.95. The van der Waals surface area contributed by atoms with Gasteiger partial charge in [-0.2, -0.15) is 0 Å². The fourth-order valence-corrected chi connectivity index (χ4v) is 2.24. The molecule has 0 saturated heterocycles. The highest BCUT2D eigenvalue weighted by Crippen LogP contribution is 2.42. The van der Waals surface area contributed by atoms with Crippen LogP contribution >= 0.6 is 0 Å². The molecule has 1 aromatic carbocycles. The van der Waals surface area contributed by atoms with Crippen LogP contribution in [0.4, 0.5) is 11.4 Å². The van der Waals surface area contributed by atoms with Gasteiger partial charge < -0.3 is 15.8 Å². The number of carbonyl (C=O) groups excluding carboxylic acids is 1. The first-order chi connectivity index (χ1) is 7.95. The summed E-state index contributed by atoms with van der Waals surface area (Å²) in [6, 6.07) is 3.84. The van der Waals surface area contributed by atoms with E-state index in [-0.39, 0.29) is 11.3 Å². The van der Waals surface area contributed by atoms with Gasteiger partial charge in [0.05, 0.1) is 18.5 Å². The third-order valence-electron chi connectivity index (χ3n) is 3.40. The number of fused-ring (bicyclic) bond motifs is 1. The monoisotopic (exact) mass is 234 g/mol. The number of nitrogens with one attached hydrogen (secondary N) is 1. The van der Waals surface area contributed by atoms with Gasteiger partial charge in [-0.3, -0.25) is 4.79 Å². The highest BCUT2D eigenvalue weighted by atomic mass is 16.5. The van der Waals surface area contributed by atoms with E-state index in [1.165, 1.54) is 0 Å². The summed E-state index contributed by atoms with van der Waals surface area (Å²) in [5.74, 6) is 0.610. The number of nitrogens with two attached hydrogens (primary N) is 1. The van der Waals surface area contributed by atoms with Crippen LogP contribution in [0.2, 0.25) is 0 Å². The zero-order chi connectivity index (χ0) is 12.6. The van der Waals surface area contributed by atoms with Gasteiger partial charge in [-0.15, -0.1) is 0 Å². The maximum Gasteiger partial charge on any atom is 0.224 e. The van der Waals surface area contributed by atoms with Crippen LogP contribution in [0.5, 0.6) is 5.75 Å². The summed E-state index contributed by atoms with van der Waals surface area (Å²) in [6.45, 7) is 4.25. The van der Waals surface area contributed by atoms with Crippen molar-refractivity contribution >= 4 is 17.3 Å². The first-order valence-corrected chi connectivity index (χ1v) is 5.72. The second-order valence-electron chi connectivity index (χ2n) is 5.04. The van der Waals surface area contributed by atoms with Crippen LogP contribution in [0, 0.1) is 0 Å². The second-order valence-corrected chi connectivity index (χ2v) is 5.04. The van der Waals surface area contributed by atoms with E-state index in [2.05, 4.69) is 19.2 Å². The SMILES string of the molecule is COc1ccc2c(c1N)NC(=O)CCC2(C)C. The average Bonchev–Trinajstić information content (AvgIpc) is 2.39. The molecule has 4 nitrogen and oxygen atoms in total. The first kappa shape index (κ1) is 11.8. The Morgan fingerprint density at radius 3 is 2.76 bits per heavy atom. The molecule has 1 heterocycles. The maximum atomic E-state index is 11.7. The molecule has 0 atom stereocenters. The molecular weight excluding hydrogens is 216 g/mol. The van der Waals surface area contributed by atoms with Crippen LogP contribution in [-0.4, -0.2) is 13.0 Å². The Hall–Kier alpha value is -1.71. The molecule has 0 unspecified atom stereocenters. The Morgan fingerprint density at radius 1 is 1.41 bits per heavy atom. The summed E-state index contributed by atoms with van der Waals surface area (Å²) >= 11 is 0. The van der Waals surface area contributed by atoms with E-state index in [9.17, 15) is 4.79 Å². The first-order valence-electron chi connectivity index (χ1n) is 5.72. The molecule has 4 heteroatoms. The van der Waals surface area contributed by atoms with Crippen LogP contribution in [-0.2, 0) is 10.2 Å². The minimum atomic E-state index is -0.0606. The molecule has 0 fully saturated rings. The minimum Gasteiger partial charge on any atom is -0.495 e. The topological polar surface area (TPSA) is 64.3 Å². The van der Waals surface area contributed by atoms with E-state index < -0.39 is 0 Å². The van der Waals surface area contributed by atoms with Gasteiger partial charge in [0.2, 0.25) is 5.91 Å². The summed E-state index contributed by atoms with van der Waals surface area (Å²) in [5, 5.41) is 2.88. The van der Waals surface area contributed by atoms with Crippen LogP contribution in [0.15, 0.2) is 12.1 Å². The van der Waals surface area contributed by atoms with Crippen LogP contribution in [0.1, 0.15) is 32.3 Å². The molecule has 92 valence electrons. The highest BCUT2D eigenvalue weighted by molar-refractivity contribution is 5.97. The molecule has 1 aromatic rings. The van der Waals surface area contributed by atoms with E-state index in [0.717, 1.165) is 12.0 Å². The Balaban J connectivity index is 2.62. The zero-order valence-electron chi connectivity index (χ0n) is 10.5. The number of anilines is 2. The van der Waals surface area contributed by atoms with Gasteiger partial charge >= 0.3 is 0 Å². The number of ether oxygens (including phenoxy) is 1. The van der Waals surface area contributed by atoms with Crippen molar-refractivity contribution in [3.8, 4) is 5.75 Å². The Bertz CT molecular complexity index is 467. The summed E-state index contributed by atoms with van der Waals surface area (Å²) in [5.41, 5.74) is 8.25. The fourth-order valence-electron chi connectivity index (χ4n) is 2.24. The van der Waals surface area contributed by atoms with Gasteiger partial charge in [-0.05, 0) is 23.5 Å². The number of benzene rings is 1. The molecule has 0 spiro atoms. The van der Waals surface area contributed by atoms with Crippen LogP contribution < -0.4 is 15.8 Å². The molecule has 3 N–H and O–H groups in total. The molecule has 0 bridgehead atoms. The smallest absolute Gasteiger partial charge is 0.224 e. The van der Waals surface area contributed by atoms with Crippen molar-refractivity contribution in [3.63, 3.8) is 0 Å². The number of methoxy groups -OCH3 is 1. The van der Waals surface area contributed by atoms with Crippen molar-refractivity contribution in [1.82, 2.24) is 0 Å². The lowest BCUT2D eigenvalue weighted by atomic mass is 9.80. The molecule has 0 aliphatic carbocycles. The molecule has 17 heavy (non-hydrogen) atoms. The van der Waals surface area contributed by atoms with Gasteiger partial charge in [0.25, 0.3) is 0 Å². The van der Waals surface area contributed by atoms with E-state index >= 15 is 0 Å². The van der Waals surface area contributed by atoms with E-state index in [1.54, 1.807) is 7.11 Å². The number of nitrogen functional groups attached to an aromatic ring is 1. The molecule has 2 rings (SSSR count). The Morgan fingerprint density at radius 2 is 2.12 bits per heavy atom. The third-order valence-corrected chi connectivity index (χ3v) is 3.40. The van der Waals surface area contributed by atoms with Crippen LogP contribution in [0.25, 0.3) is 0 Å². The molecule has 1 aliphatic heterocycles. The van der Waals surface area contributed by atoms with Gasteiger partial charge in [-0.1, -0.05) is 19.9 Å². The molecule has 0 saturated carbocycles. The normalized spacial score (nSPS) is 17.9. The molecule has 0 aromatic heterocycles. The zero-order valence-corrected chi connectivity index (χ0v) is 10.5.